The molecule has 134 valence electrons. The van der Waals surface area contributed by atoms with Gasteiger partial charge in [0.15, 0.2) is 5.58 Å². The third-order valence-corrected chi connectivity index (χ3v) is 6.00. The Morgan fingerprint density at radius 2 is 1.89 bits per heavy atom. The van der Waals surface area contributed by atoms with Crippen LogP contribution in [0, 0.1) is 6.85 Å². The van der Waals surface area contributed by atoms with Gasteiger partial charge >= 0.3 is 0 Å². The van der Waals surface area contributed by atoms with Crippen LogP contribution in [0.1, 0.15) is 36.0 Å². The lowest BCUT2D eigenvalue weighted by Gasteiger charge is -2.22. The fourth-order valence-corrected chi connectivity index (χ4v) is 4.59. The molecule has 0 fully saturated rings. The monoisotopic (exact) mass is 374 g/mol. The Morgan fingerprint density at radius 3 is 2.70 bits per heavy atom. The number of hydrogen-bond acceptors (Lipinski definition) is 3. The highest BCUT2D eigenvalue weighted by Crippen LogP contribution is 2.40. The number of furan rings is 1. The van der Waals surface area contributed by atoms with Crippen molar-refractivity contribution < 1.29 is 8.53 Å². The largest absolute Gasteiger partial charge is 0.454 e. The van der Waals surface area contributed by atoms with Gasteiger partial charge in [0.2, 0.25) is 0 Å². The first-order valence-corrected chi connectivity index (χ1v) is 9.85. The molecule has 27 heavy (non-hydrogen) atoms. The fourth-order valence-electron chi connectivity index (χ4n) is 3.71. The normalized spacial score (nSPS) is 14.6. The molecule has 0 bridgehead atoms. The van der Waals surface area contributed by atoms with Crippen LogP contribution in [0.3, 0.4) is 0 Å². The van der Waals surface area contributed by atoms with Crippen molar-refractivity contribution >= 4 is 43.4 Å². The van der Waals surface area contributed by atoms with E-state index in [4.69, 9.17) is 8.53 Å². The Bertz CT molecular complexity index is 1420. The lowest BCUT2D eigenvalue weighted by atomic mass is 9.84. The van der Waals surface area contributed by atoms with Crippen molar-refractivity contribution in [3.05, 3.63) is 65.2 Å². The highest BCUT2D eigenvalue weighted by Gasteiger charge is 2.20. The lowest BCUT2D eigenvalue weighted by molar-refractivity contribution is 0.585. The molecule has 0 saturated carbocycles. The first kappa shape index (κ1) is 13.5. The fraction of sp³-hybridized carbons (Fsp3) is 0.208. The second-order valence-electron chi connectivity index (χ2n) is 7.93. The molecule has 0 unspecified atom stereocenters. The van der Waals surface area contributed by atoms with Gasteiger partial charge in [0.25, 0.3) is 0 Å². The number of benzene rings is 2. The predicted molar refractivity (Wildman–Crippen MR) is 116 cm³/mol. The maximum Gasteiger partial charge on any atom is 0.153 e. The van der Waals surface area contributed by atoms with Crippen LogP contribution in [0.4, 0.5) is 0 Å². The van der Waals surface area contributed by atoms with Crippen molar-refractivity contribution in [2.75, 3.05) is 0 Å². The number of aromatic nitrogens is 1. The number of fused-ring (bicyclic) bond motifs is 5. The van der Waals surface area contributed by atoms with Crippen LogP contribution in [-0.2, 0) is 5.41 Å². The summed E-state index contributed by atoms with van der Waals surface area (Å²) >= 11 is 1.67. The minimum Gasteiger partial charge on any atom is -0.454 e. The molecule has 0 radical (unpaired) electrons. The maximum absolute atomic E-state index is 7.91. The Hall–Kier alpha value is -2.65. The number of pyridine rings is 1. The molecule has 3 aromatic heterocycles. The van der Waals surface area contributed by atoms with Crippen molar-refractivity contribution in [3.8, 4) is 11.3 Å². The molecule has 0 saturated heterocycles. The second-order valence-corrected chi connectivity index (χ2v) is 8.85. The van der Waals surface area contributed by atoms with Crippen LogP contribution in [0.15, 0.2) is 58.5 Å². The third-order valence-electron chi connectivity index (χ3n) is 5.07. The zero-order valence-corrected chi connectivity index (χ0v) is 16.3. The van der Waals surface area contributed by atoms with E-state index in [-0.39, 0.29) is 5.41 Å². The molecule has 0 N–H and O–H groups in total. The predicted octanol–water partition coefficient (Wildman–Crippen LogP) is 7.47. The molecular formula is C24H21NOS. The molecule has 0 atom stereocenters. The van der Waals surface area contributed by atoms with Crippen molar-refractivity contribution in [3.63, 3.8) is 0 Å². The summed E-state index contributed by atoms with van der Waals surface area (Å²) in [5.74, 6) is 0. The van der Waals surface area contributed by atoms with E-state index in [1.807, 2.05) is 39.0 Å². The molecule has 5 aromatic rings. The molecular weight excluding hydrogens is 350 g/mol. The van der Waals surface area contributed by atoms with Gasteiger partial charge in [-0.3, -0.25) is 4.98 Å². The van der Waals surface area contributed by atoms with E-state index in [2.05, 4.69) is 34.6 Å². The summed E-state index contributed by atoms with van der Waals surface area (Å²) in [7, 11) is 0. The van der Waals surface area contributed by atoms with E-state index in [1.54, 1.807) is 11.3 Å². The SMILES string of the molecule is [2H]C([2H])([2H])c1cnc(-c2cccc3c2oc2c3ccc3ccsc32)cc1C(C)(C)C. The Labute approximate surface area is 166 Å². The van der Waals surface area contributed by atoms with E-state index >= 15 is 0 Å². The summed E-state index contributed by atoms with van der Waals surface area (Å²) in [4.78, 5) is 4.54. The average Bonchev–Trinajstić information content (AvgIpc) is 3.30. The molecule has 2 nitrogen and oxygen atoms in total. The summed E-state index contributed by atoms with van der Waals surface area (Å²) < 4.78 is 31.3. The highest BCUT2D eigenvalue weighted by molar-refractivity contribution is 7.18. The van der Waals surface area contributed by atoms with Crippen molar-refractivity contribution in [2.45, 2.75) is 33.0 Å². The lowest BCUT2D eigenvalue weighted by Crippen LogP contribution is -2.13. The summed E-state index contributed by atoms with van der Waals surface area (Å²) in [6, 6.07) is 14.3. The van der Waals surface area contributed by atoms with Gasteiger partial charge in [0.05, 0.1) is 10.4 Å². The Morgan fingerprint density at radius 1 is 1.04 bits per heavy atom. The summed E-state index contributed by atoms with van der Waals surface area (Å²) in [6.07, 6.45) is 1.50. The van der Waals surface area contributed by atoms with Gasteiger partial charge in [-0.2, -0.15) is 0 Å². The zero-order valence-electron chi connectivity index (χ0n) is 18.5. The first-order chi connectivity index (χ1) is 14.1. The molecule has 2 aromatic carbocycles. The number of hydrogen-bond donors (Lipinski definition) is 0. The maximum atomic E-state index is 7.91. The standard InChI is InChI=1S/C24H21NOS/c1-14-13-25-20(12-19(14)24(2,3)4)18-7-5-6-16-17-9-8-15-10-11-27-23(15)22(17)26-21(16)18/h5-13H,1-4H3/i1D3. The van der Waals surface area contributed by atoms with Crippen LogP contribution in [0.2, 0.25) is 0 Å². The van der Waals surface area contributed by atoms with E-state index in [9.17, 15) is 0 Å². The van der Waals surface area contributed by atoms with E-state index in [0.29, 0.717) is 5.56 Å². The summed E-state index contributed by atoms with van der Waals surface area (Å²) in [6.45, 7) is 3.87. The molecule has 0 spiro atoms. The van der Waals surface area contributed by atoms with Gasteiger partial charge in [-0.1, -0.05) is 39.0 Å². The van der Waals surface area contributed by atoms with Crippen LogP contribution < -0.4 is 0 Å². The average molecular weight is 375 g/mol. The Balaban J connectivity index is 1.80. The van der Waals surface area contributed by atoms with Crippen LogP contribution >= 0.6 is 11.3 Å². The van der Waals surface area contributed by atoms with Crippen molar-refractivity contribution in [1.82, 2.24) is 4.98 Å². The minimum absolute atomic E-state index is 0.302. The van der Waals surface area contributed by atoms with E-state index in [1.165, 1.54) is 11.6 Å². The number of thiophene rings is 1. The number of aryl methyl sites for hydroxylation is 1. The molecule has 5 rings (SSSR count). The zero-order chi connectivity index (χ0) is 21.3. The molecule has 0 aliphatic rings. The van der Waals surface area contributed by atoms with Gasteiger partial charge < -0.3 is 4.42 Å². The van der Waals surface area contributed by atoms with Gasteiger partial charge in [-0.25, -0.2) is 0 Å². The van der Waals surface area contributed by atoms with Crippen LogP contribution in [-0.4, -0.2) is 4.98 Å². The number of rotatable bonds is 1. The first-order valence-electron chi connectivity index (χ1n) is 10.5. The topological polar surface area (TPSA) is 26.0 Å². The summed E-state index contributed by atoms with van der Waals surface area (Å²) in [5, 5.41) is 5.36. The minimum atomic E-state index is -2.20. The molecule has 0 amide bonds. The van der Waals surface area contributed by atoms with Gasteiger partial charge in [0, 0.05) is 26.6 Å². The number of nitrogens with zero attached hydrogens (tertiary/aromatic N) is 1. The van der Waals surface area contributed by atoms with Crippen LogP contribution in [0.5, 0.6) is 0 Å². The van der Waals surface area contributed by atoms with Gasteiger partial charge in [0.1, 0.15) is 5.58 Å². The van der Waals surface area contributed by atoms with Gasteiger partial charge in [-0.05, 0) is 58.4 Å². The smallest absolute Gasteiger partial charge is 0.153 e. The van der Waals surface area contributed by atoms with Crippen molar-refractivity contribution in [1.29, 1.82) is 0 Å². The van der Waals surface area contributed by atoms with E-state index < -0.39 is 6.85 Å². The Kier molecular flexibility index (Phi) is 2.84. The molecule has 0 aliphatic carbocycles. The van der Waals surface area contributed by atoms with Crippen LogP contribution in [0.25, 0.3) is 43.3 Å². The summed E-state index contributed by atoms with van der Waals surface area (Å²) in [5.41, 5.74) is 4.02. The highest BCUT2D eigenvalue weighted by atomic mass is 32.1. The van der Waals surface area contributed by atoms with Gasteiger partial charge in [-0.15, -0.1) is 11.3 Å². The van der Waals surface area contributed by atoms with Crippen molar-refractivity contribution in [2.24, 2.45) is 0 Å². The quantitative estimate of drug-likeness (QED) is 0.304. The van der Waals surface area contributed by atoms with E-state index in [0.717, 1.165) is 43.5 Å². The number of para-hydroxylation sites is 1. The molecule has 0 aliphatic heterocycles. The third kappa shape index (κ3) is 2.49. The molecule has 3 heteroatoms. The second kappa shape index (κ2) is 5.67. The molecule has 3 heterocycles.